The normalized spacial score (nSPS) is 24.0. The average Bonchev–Trinajstić information content (AvgIpc) is 3.11. The van der Waals surface area contributed by atoms with Crippen molar-refractivity contribution >= 4 is 27.5 Å². The van der Waals surface area contributed by atoms with Gasteiger partial charge in [0, 0.05) is 28.7 Å². The summed E-state index contributed by atoms with van der Waals surface area (Å²) in [5, 5.41) is 6.41. The van der Waals surface area contributed by atoms with Gasteiger partial charge in [0.15, 0.2) is 0 Å². The Hall–Kier alpha value is -2.07. The van der Waals surface area contributed by atoms with Crippen molar-refractivity contribution in [1.29, 1.82) is 0 Å². The van der Waals surface area contributed by atoms with Gasteiger partial charge in [-0.15, -0.1) is 0 Å². The van der Waals surface area contributed by atoms with E-state index in [-0.39, 0.29) is 11.9 Å². The third-order valence-corrected chi connectivity index (χ3v) is 5.61. The van der Waals surface area contributed by atoms with Gasteiger partial charge in [-0.3, -0.25) is 4.79 Å². The molecule has 2 N–H and O–H groups in total. The molecule has 0 aromatic heterocycles. The fourth-order valence-electron chi connectivity index (χ4n) is 3.88. The highest BCUT2D eigenvalue weighted by Crippen LogP contribution is 2.49. The van der Waals surface area contributed by atoms with Crippen molar-refractivity contribution in [3.8, 4) is 0 Å². The highest BCUT2D eigenvalue weighted by molar-refractivity contribution is 9.10. The van der Waals surface area contributed by atoms with E-state index in [9.17, 15) is 4.79 Å². The number of halogens is 1. The minimum atomic E-state index is -0.0358. The summed E-state index contributed by atoms with van der Waals surface area (Å²) in [6.45, 7) is 0. The van der Waals surface area contributed by atoms with E-state index < -0.39 is 0 Å². The fraction of sp³-hybridized carbons (Fsp3) is 0.250. The smallest absolute Gasteiger partial charge is 0.251 e. The van der Waals surface area contributed by atoms with Crippen LogP contribution in [0.15, 0.2) is 59.1 Å². The van der Waals surface area contributed by atoms with E-state index in [1.165, 1.54) is 11.1 Å². The second-order valence-corrected chi connectivity index (χ2v) is 7.32. The molecule has 122 valence electrons. The van der Waals surface area contributed by atoms with Crippen LogP contribution in [-0.4, -0.2) is 13.0 Å². The summed E-state index contributed by atoms with van der Waals surface area (Å²) in [7, 11) is 1.67. The van der Waals surface area contributed by atoms with E-state index in [4.69, 9.17) is 0 Å². The quantitative estimate of drug-likeness (QED) is 0.743. The maximum absolute atomic E-state index is 12.0. The van der Waals surface area contributed by atoms with Crippen molar-refractivity contribution < 1.29 is 4.79 Å². The summed E-state index contributed by atoms with van der Waals surface area (Å²) in [5.74, 6) is 0.810. The van der Waals surface area contributed by atoms with Crippen molar-refractivity contribution in [1.82, 2.24) is 5.32 Å². The van der Waals surface area contributed by atoms with Crippen LogP contribution in [0, 0.1) is 5.92 Å². The zero-order valence-corrected chi connectivity index (χ0v) is 15.0. The van der Waals surface area contributed by atoms with Crippen LogP contribution in [0.25, 0.3) is 0 Å². The molecule has 0 spiro atoms. The van der Waals surface area contributed by atoms with E-state index in [2.05, 4.69) is 63.0 Å². The van der Waals surface area contributed by atoms with Crippen molar-refractivity contribution in [3.63, 3.8) is 0 Å². The molecule has 0 fully saturated rings. The van der Waals surface area contributed by atoms with Crippen LogP contribution in [-0.2, 0) is 0 Å². The van der Waals surface area contributed by atoms with Gasteiger partial charge in [-0.05, 0) is 53.8 Å². The van der Waals surface area contributed by atoms with Gasteiger partial charge in [-0.25, -0.2) is 0 Å². The molecule has 0 unspecified atom stereocenters. The summed E-state index contributed by atoms with van der Waals surface area (Å²) in [6.07, 6.45) is 5.62. The van der Waals surface area contributed by atoms with Crippen LogP contribution in [0.4, 0.5) is 5.69 Å². The first-order valence-electron chi connectivity index (χ1n) is 8.22. The number of hydrogen-bond acceptors (Lipinski definition) is 2. The Morgan fingerprint density at radius 2 is 2.00 bits per heavy atom. The molecule has 0 bridgehead atoms. The monoisotopic (exact) mass is 382 g/mol. The molecule has 1 heterocycles. The first kappa shape index (κ1) is 15.5. The Balaban J connectivity index is 1.74. The lowest BCUT2D eigenvalue weighted by Gasteiger charge is -2.37. The summed E-state index contributed by atoms with van der Waals surface area (Å²) >= 11 is 3.51. The standard InChI is InChI=1S/C20H19BrN2O/c1-22-20(24)13-7-10-18-17(11-13)15-3-2-4-16(15)19(23-18)12-5-8-14(21)9-6-12/h2-3,5-11,15-16,19,23H,4H2,1H3,(H,22,24)/t15-,16-,19+/m1/s1. The summed E-state index contributed by atoms with van der Waals surface area (Å²) in [4.78, 5) is 12.0. The van der Waals surface area contributed by atoms with Gasteiger partial charge in [-0.1, -0.05) is 40.2 Å². The van der Waals surface area contributed by atoms with Crippen LogP contribution in [0.3, 0.4) is 0 Å². The molecule has 0 saturated heterocycles. The topological polar surface area (TPSA) is 41.1 Å². The molecule has 1 aliphatic carbocycles. The number of carbonyl (C=O) groups is 1. The molecule has 0 saturated carbocycles. The van der Waals surface area contributed by atoms with Crippen LogP contribution in [0.5, 0.6) is 0 Å². The first-order chi connectivity index (χ1) is 11.7. The van der Waals surface area contributed by atoms with Crippen LogP contribution in [0.2, 0.25) is 0 Å². The summed E-state index contributed by atoms with van der Waals surface area (Å²) in [6, 6.07) is 14.8. The average molecular weight is 383 g/mol. The Morgan fingerprint density at radius 3 is 2.75 bits per heavy atom. The minimum absolute atomic E-state index is 0.0358. The van der Waals surface area contributed by atoms with Crippen molar-refractivity contribution in [2.24, 2.45) is 5.92 Å². The third-order valence-electron chi connectivity index (χ3n) is 5.08. The number of amides is 1. The van der Waals surface area contributed by atoms with Gasteiger partial charge in [0.05, 0.1) is 6.04 Å². The summed E-state index contributed by atoms with van der Waals surface area (Å²) in [5.41, 5.74) is 4.38. The number of nitrogens with one attached hydrogen (secondary N) is 2. The number of allylic oxidation sites excluding steroid dienone is 2. The van der Waals surface area contributed by atoms with Gasteiger partial charge in [-0.2, -0.15) is 0 Å². The predicted molar refractivity (Wildman–Crippen MR) is 100 cm³/mol. The SMILES string of the molecule is CNC(=O)c1ccc2c(c1)[C@@H]1C=CC[C@H]1[C@H](c1ccc(Br)cc1)N2. The predicted octanol–water partition coefficient (Wildman–Crippen LogP) is 4.64. The van der Waals surface area contributed by atoms with Crippen molar-refractivity contribution in [3.05, 3.63) is 75.8 Å². The Morgan fingerprint density at radius 1 is 1.21 bits per heavy atom. The molecule has 24 heavy (non-hydrogen) atoms. The molecule has 2 aromatic rings. The van der Waals surface area contributed by atoms with Gasteiger partial charge < -0.3 is 10.6 Å². The number of fused-ring (bicyclic) bond motifs is 3. The Bertz CT molecular complexity index is 813. The van der Waals surface area contributed by atoms with E-state index in [1.807, 2.05) is 18.2 Å². The lowest BCUT2D eigenvalue weighted by Crippen LogP contribution is -2.29. The molecule has 1 amide bonds. The summed E-state index contributed by atoms with van der Waals surface area (Å²) < 4.78 is 1.10. The lowest BCUT2D eigenvalue weighted by molar-refractivity contribution is 0.0963. The molecule has 3 nitrogen and oxygen atoms in total. The van der Waals surface area contributed by atoms with Crippen LogP contribution >= 0.6 is 15.9 Å². The maximum atomic E-state index is 12.0. The second-order valence-electron chi connectivity index (χ2n) is 6.41. The zero-order valence-electron chi connectivity index (χ0n) is 13.4. The highest BCUT2D eigenvalue weighted by Gasteiger charge is 2.38. The van der Waals surface area contributed by atoms with E-state index >= 15 is 0 Å². The molecule has 0 radical (unpaired) electrons. The Kier molecular flexibility index (Phi) is 3.93. The number of anilines is 1. The number of carbonyl (C=O) groups excluding carboxylic acids is 1. The Labute approximate surface area is 150 Å². The van der Waals surface area contributed by atoms with Crippen LogP contribution in [0.1, 0.15) is 39.9 Å². The van der Waals surface area contributed by atoms with Crippen molar-refractivity contribution in [2.45, 2.75) is 18.4 Å². The van der Waals surface area contributed by atoms with E-state index in [1.54, 1.807) is 7.05 Å². The van der Waals surface area contributed by atoms with Gasteiger partial charge >= 0.3 is 0 Å². The molecule has 1 aliphatic heterocycles. The molecule has 2 aromatic carbocycles. The largest absolute Gasteiger partial charge is 0.378 e. The number of benzene rings is 2. The molecule has 2 aliphatic rings. The maximum Gasteiger partial charge on any atom is 0.251 e. The lowest BCUT2D eigenvalue weighted by atomic mass is 9.76. The third kappa shape index (κ3) is 2.55. The highest BCUT2D eigenvalue weighted by atomic mass is 79.9. The fourth-order valence-corrected chi connectivity index (χ4v) is 4.14. The van der Waals surface area contributed by atoms with E-state index in [0.29, 0.717) is 11.8 Å². The molecular formula is C20H19BrN2O. The minimum Gasteiger partial charge on any atom is -0.378 e. The van der Waals surface area contributed by atoms with Gasteiger partial charge in [0.25, 0.3) is 5.91 Å². The number of rotatable bonds is 2. The second kappa shape index (κ2) is 6.10. The molecule has 4 heteroatoms. The zero-order chi connectivity index (χ0) is 16.7. The van der Waals surface area contributed by atoms with Gasteiger partial charge in [0.2, 0.25) is 0 Å². The van der Waals surface area contributed by atoms with E-state index in [0.717, 1.165) is 22.1 Å². The van der Waals surface area contributed by atoms with Gasteiger partial charge in [0.1, 0.15) is 0 Å². The number of hydrogen-bond donors (Lipinski definition) is 2. The first-order valence-corrected chi connectivity index (χ1v) is 9.01. The molecule has 4 rings (SSSR count). The van der Waals surface area contributed by atoms with Crippen LogP contribution < -0.4 is 10.6 Å². The van der Waals surface area contributed by atoms with Crippen molar-refractivity contribution in [2.75, 3.05) is 12.4 Å². The molecular weight excluding hydrogens is 364 g/mol. The molecule has 3 atom stereocenters.